The molecule has 2 aromatic rings. The van der Waals surface area contributed by atoms with Crippen LogP contribution in [0.1, 0.15) is 10.8 Å². The van der Waals surface area contributed by atoms with Crippen molar-refractivity contribution in [3.63, 3.8) is 0 Å². The molecule has 0 N–H and O–H groups in total. The highest BCUT2D eigenvalue weighted by Crippen LogP contribution is 2.36. The maximum atomic E-state index is 13.0. The van der Waals surface area contributed by atoms with Crippen molar-refractivity contribution in [3.05, 3.63) is 91.5 Å². The molecule has 0 spiro atoms. The summed E-state index contributed by atoms with van der Waals surface area (Å²) in [6.07, 6.45) is 3.49. The van der Waals surface area contributed by atoms with Crippen molar-refractivity contribution in [1.82, 2.24) is 4.90 Å². The zero-order valence-corrected chi connectivity index (χ0v) is 13.9. The van der Waals surface area contributed by atoms with Gasteiger partial charge in [0.2, 0.25) is 5.91 Å². The fourth-order valence-corrected chi connectivity index (χ4v) is 3.39. The van der Waals surface area contributed by atoms with E-state index in [4.69, 9.17) is 0 Å². The Balaban J connectivity index is 2.30. The zero-order chi connectivity index (χ0) is 16.5. The summed E-state index contributed by atoms with van der Waals surface area (Å²) >= 11 is 1.57. The summed E-state index contributed by atoms with van der Waals surface area (Å²) in [5.41, 5.74) is 1.00. The Morgan fingerprint density at radius 2 is 1.48 bits per heavy atom. The normalized spacial score (nSPS) is 11.5. The quantitative estimate of drug-likeness (QED) is 0.517. The summed E-state index contributed by atoms with van der Waals surface area (Å²) in [5, 5.41) is -0.279. The molecule has 0 bridgehead atoms. The monoisotopic (exact) mass is 323 g/mol. The van der Waals surface area contributed by atoms with Crippen molar-refractivity contribution >= 4 is 17.7 Å². The van der Waals surface area contributed by atoms with Gasteiger partial charge in [-0.05, 0) is 17.7 Å². The van der Waals surface area contributed by atoms with Crippen LogP contribution in [0.25, 0.3) is 0 Å². The third-order valence-corrected chi connectivity index (χ3v) is 4.59. The number of hydrogen-bond donors (Lipinski definition) is 0. The molecule has 1 amide bonds. The molecule has 0 aliphatic carbocycles. The molecule has 2 aromatic carbocycles. The van der Waals surface area contributed by atoms with Crippen molar-refractivity contribution < 1.29 is 4.79 Å². The van der Waals surface area contributed by atoms with E-state index in [1.165, 1.54) is 0 Å². The molecule has 0 aromatic heterocycles. The van der Waals surface area contributed by atoms with E-state index in [9.17, 15) is 4.79 Å². The number of nitrogens with zero attached hydrogens (tertiary/aromatic N) is 1. The summed E-state index contributed by atoms with van der Waals surface area (Å²) in [6, 6.07) is 19.9. The Morgan fingerprint density at radius 3 is 2.00 bits per heavy atom. The molecule has 0 radical (unpaired) electrons. The Hall–Kier alpha value is -2.26. The Kier molecular flexibility index (Phi) is 6.70. The van der Waals surface area contributed by atoms with E-state index in [0.29, 0.717) is 13.1 Å². The van der Waals surface area contributed by atoms with Crippen LogP contribution in [-0.2, 0) is 4.79 Å². The zero-order valence-electron chi connectivity index (χ0n) is 13.1. The van der Waals surface area contributed by atoms with Crippen LogP contribution in [0.15, 0.2) is 90.9 Å². The fourth-order valence-electron chi connectivity index (χ4n) is 2.26. The molecular formula is C20H21NOS. The van der Waals surface area contributed by atoms with Crippen LogP contribution in [0, 0.1) is 0 Å². The maximum absolute atomic E-state index is 13.0. The molecule has 0 aliphatic heterocycles. The minimum Gasteiger partial charge on any atom is -0.334 e. The summed E-state index contributed by atoms with van der Waals surface area (Å²) < 4.78 is 0. The highest BCUT2D eigenvalue weighted by molar-refractivity contribution is 8.00. The number of benzene rings is 2. The van der Waals surface area contributed by atoms with E-state index in [-0.39, 0.29) is 11.2 Å². The Morgan fingerprint density at radius 1 is 0.957 bits per heavy atom. The van der Waals surface area contributed by atoms with Crippen LogP contribution < -0.4 is 0 Å². The fraction of sp³-hybridized carbons (Fsp3) is 0.150. The van der Waals surface area contributed by atoms with Crippen LogP contribution in [0.2, 0.25) is 0 Å². The first kappa shape index (κ1) is 17.1. The van der Waals surface area contributed by atoms with Gasteiger partial charge in [-0.15, -0.1) is 24.9 Å². The van der Waals surface area contributed by atoms with Gasteiger partial charge in [0.25, 0.3) is 0 Å². The maximum Gasteiger partial charge on any atom is 0.241 e. The topological polar surface area (TPSA) is 20.3 Å². The van der Waals surface area contributed by atoms with E-state index in [0.717, 1.165) is 10.5 Å². The number of carbonyl (C=O) groups excluding carboxylic acids is 1. The number of amides is 1. The number of rotatable bonds is 8. The first-order valence-electron chi connectivity index (χ1n) is 7.53. The van der Waals surface area contributed by atoms with Gasteiger partial charge in [0.1, 0.15) is 5.25 Å². The second-order valence-corrected chi connectivity index (χ2v) is 6.22. The lowest BCUT2D eigenvalue weighted by Gasteiger charge is -2.25. The minimum atomic E-state index is -0.279. The molecule has 3 heteroatoms. The van der Waals surface area contributed by atoms with Gasteiger partial charge in [0, 0.05) is 18.0 Å². The van der Waals surface area contributed by atoms with Gasteiger partial charge in [-0.1, -0.05) is 60.7 Å². The van der Waals surface area contributed by atoms with Gasteiger partial charge < -0.3 is 4.90 Å². The van der Waals surface area contributed by atoms with Crippen molar-refractivity contribution in [2.24, 2.45) is 0 Å². The SMILES string of the molecule is C=CCN(CC=C)C(=O)[C@H](Sc1ccccc1)c1ccccc1. The van der Waals surface area contributed by atoms with Crippen molar-refractivity contribution in [2.75, 3.05) is 13.1 Å². The predicted octanol–water partition coefficient (Wildman–Crippen LogP) is 4.72. The van der Waals surface area contributed by atoms with Crippen LogP contribution in [-0.4, -0.2) is 23.9 Å². The first-order valence-corrected chi connectivity index (χ1v) is 8.41. The second-order valence-electron chi connectivity index (χ2n) is 5.04. The molecule has 1 atom stereocenters. The molecule has 0 saturated carbocycles. The number of thioether (sulfide) groups is 1. The summed E-state index contributed by atoms with van der Waals surface area (Å²) in [7, 11) is 0. The molecular weight excluding hydrogens is 302 g/mol. The third-order valence-electron chi connectivity index (χ3n) is 3.33. The Bertz CT molecular complexity index is 629. The van der Waals surface area contributed by atoms with Crippen molar-refractivity contribution in [2.45, 2.75) is 10.1 Å². The van der Waals surface area contributed by atoms with Gasteiger partial charge in [-0.25, -0.2) is 0 Å². The standard InChI is InChI=1S/C20H21NOS/c1-3-15-21(16-4-2)20(22)19(17-11-7-5-8-12-17)23-18-13-9-6-10-14-18/h3-14,19H,1-2,15-16H2/t19-/m1/s1. The Labute approximate surface area is 142 Å². The smallest absolute Gasteiger partial charge is 0.241 e. The third kappa shape index (κ3) is 4.86. The summed E-state index contributed by atoms with van der Waals surface area (Å²) in [4.78, 5) is 15.9. The van der Waals surface area contributed by atoms with Crippen LogP contribution in [0.4, 0.5) is 0 Å². The lowest BCUT2D eigenvalue weighted by molar-refractivity contribution is -0.129. The van der Waals surface area contributed by atoms with Crippen LogP contribution >= 0.6 is 11.8 Å². The van der Waals surface area contributed by atoms with Gasteiger partial charge >= 0.3 is 0 Å². The van der Waals surface area contributed by atoms with Crippen LogP contribution in [0.5, 0.6) is 0 Å². The van der Waals surface area contributed by atoms with E-state index in [1.807, 2.05) is 60.7 Å². The van der Waals surface area contributed by atoms with E-state index in [1.54, 1.807) is 28.8 Å². The van der Waals surface area contributed by atoms with Gasteiger partial charge in [-0.3, -0.25) is 4.79 Å². The molecule has 118 valence electrons. The van der Waals surface area contributed by atoms with Crippen LogP contribution in [0.3, 0.4) is 0 Å². The molecule has 2 nitrogen and oxygen atoms in total. The van der Waals surface area contributed by atoms with Gasteiger partial charge in [0.15, 0.2) is 0 Å². The summed E-state index contributed by atoms with van der Waals surface area (Å²) in [6.45, 7) is 8.53. The van der Waals surface area contributed by atoms with Crippen molar-refractivity contribution in [3.8, 4) is 0 Å². The molecule has 0 unspecified atom stereocenters. The lowest BCUT2D eigenvalue weighted by atomic mass is 10.1. The second kappa shape index (κ2) is 9.01. The highest BCUT2D eigenvalue weighted by Gasteiger charge is 2.25. The van der Waals surface area contributed by atoms with E-state index < -0.39 is 0 Å². The number of hydrogen-bond acceptors (Lipinski definition) is 2. The molecule has 0 saturated heterocycles. The number of carbonyl (C=O) groups is 1. The average Bonchev–Trinajstić information content (AvgIpc) is 2.60. The van der Waals surface area contributed by atoms with Gasteiger partial charge in [0.05, 0.1) is 0 Å². The van der Waals surface area contributed by atoms with Crippen molar-refractivity contribution in [1.29, 1.82) is 0 Å². The van der Waals surface area contributed by atoms with E-state index in [2.05, 4.69) is 13.2 Å². The predicted molar refractivity (Wildman–Crippen MR) is 98.5 cm³/mol. The molecule has 0 heterocycles. The highest BCUT2D eigenvalue weighted by atomic mass is 32.2. The lowest BCUT2D eigenvalue weighted by Crippen LogP contribution is -2.34. The molecule has 0 fully saturated rings. The van der Waals surface area contributed by atoms with Gasteiger partial charge in [-0.2, -0.15) is 0 Å². The summed E-state index contributed by atoms with van der Waals surface area (Å²) in [5.74, 6) is 0.0739. The average molecular weight is 323 g/mol. The van der Waals surface area contributed by atoms with E-state index >= 15 is 0 Å². The molecule has 0 aliphatic rings. The minimum absolute atomic E-state index is 0.0739. The largest absolute Gasteiger partial charge is 0.334 e. The molecule has 2 rings (SSSR count). The first-order chi connectivity index (χ1) is 11.3. The molecule has 23 heavy (non-hydrogen) atoms.